The fraction of sp³-hybridized carbons (Fsp3) is 0.806. The Hall–Kier alpha value is -0.960. The number of hydrogen-bond acceptors (Lipinski definition) is 0. The zero-order valence-electron chi connectivity index (χ0n) is 23.2. The van der Waals surface area contributed by atoms with Crippen LogP contribution in [0.4, 0.5) is 0 Å². The molecule has 0 radical (unpaired) electrons. The fourth-order valence-corrected chi connectivity index (χ4v) is 4.55. The van der Waals surface area contributed by atoms with Crippen molar-refractivity contribution in [2.24, 2.45) is 29.6 Å². The minimum atomic E-state index is 0.672. The molecule has 0 bridgehead atoms. The van der Waals surface area contributed by atoms with Crippen molar-refractivity contribution in [1.29, 1.82) is 0 Å². The summed E-state index contributed by atoms with van der Waals surface area (Å²) < 4.78 is 0. The summed E-state index contributed by atoms with van der Waals surface area (Å²) in [6, 6.07) is 0. The van der Waals surface area contributed by atoms with Crippen LogP contribution in [0.25, 0.3) is 0 Å². The summed E-state index contributed by atoms with van der Waals surface area (Å²) in [4.78, 5) is 0. The Morgan fingerprint density at radius 2 is 1.32 bits per heavy atom. The molecule has 0 saturated carbocycles. The SMILES string of the molecule is C#C.C/C=C(\CCC)CCCC(C)CC.C=CC(C)C(CCC)C(CCC)C(C)CC. The Kier molecular flexibility index (Phi) is 28.3. The van der Waals surface area contributed by atoms with Crippen molar-refractivity contribution < 1.29 is 0 Å². The predicted octanol–water partition coefficient (Wildman–Crippen LogP) is 10.9. The van der Waals surface area contributed by atoms with Gasteiger partial charge < -0.3 is 0 Å². The van der Waals surface area contributed by atoms with E-state index in [9.17, 15) is 0 Å². The van der Waals surface area contributed by atoms with E-state index < -0.39 is 0 Å². The standard InChI is InChI=1S/C16H32.C13H26.C2H2/c1-7-11-15(13(5)9-3)16(12-8-2)14(6)10-4;1-5-9-13(7-3)11-8-10-12(4)6-2;1-2/h9,13-16H,3,7-8,10-12H2,1-2,4-6H3;7,12H,5-6,8-11H2,1-4H3;1-2H/b;13-7+;. The van der Waals surface area contributed by atoms with Gasteiger partial charge in [-0.2, -0.15) is 0 Å². The molecule has 0 heterocycles. The van der Waals surface area contributed by atoms with Crippen LogP contribution < -0.4 is 0 Å². The molecule has 0 amide bonds. The van der Waals surface area contributed by atoms with E-state index in [4.69, 9.17) is 0 Å². The Balaban J connectivity index is -0.000000476. The zero-order chi connectivity index (χ0) is 24.7. The van der Waals surface area contributed by atoms with Gasteiger partial charge in [0.05, 0.1) is 0 Å². The highest BCUT2D eigenvalue weighted by Gasteiger charge is 2.27. The number of rotatable bonds is 16. The quantitative estimate of drug-likeness (QED) is 0.168. The summed E-state index contributed by atoms with van der Waals surface area (Å²) in [6.45, 7) is 24.8. The smallest absolute Gasteiger partial charge is 0.0234 e. The summed E-state index contributed by atoms with van der Waals surface area (Å²) in [5.41, 5.74) is 1.66. The van der Waals surface area contributed by atoms with Gasteiger partial charge in [0.25, 0.3) is 0 Å². The lowest BCUT2D eigenvalue weighted by Crippen LogP contribution is -2.26. The Labute approximate surface area is 199 Å². The van der Waals surface area contributed by atoms with E-state index in [-0.39, 0.29) is 0 Å². The first kappa shape index (κ1) is 34.6. The van der Waals surface area contributed by atoms with Gasteiger partial charge in [-0.1, -0.05) is 118 Å². The molecule has 0 heteroatoms. The molecule has 0 aliphatic carbocycles. The Morgan fingerprint density at radius 1 is 0.774 bits per heavy atom. The average molecular weight is 433 g/mol. The minimum Gasteiger partial charge on any atom is -0.124 e. The maximum Gasteiger partial charge on any atom is -0.0234 e. The van der Waals surface area contributed by atoms with Gasteiger partial charge in [-0.3, -0.25) is 0 Å². The largest absolute Gasteiger partial charge is 0.124 e. The van der Waals surface area contributed by atoms with Crippen LogP contribution in [-0.2, 0) is 0 Å². The maximum atomic E-state index is 4.00. The highest BCUT2D eigenvalue weighted by Crippen LogP contribution is 2.36. The first-order valence-electron chi connectivity index (χ1n) is 13.5. The van der Waals surface area contributed by atoms with Crippen LogP contribution in [0, 0.1) is 42.4 Å². The molecule has 0 aliphatic rings. The van der Waals surface area contributed by atoms with Crippen LogP contribution in [0.2, 0.25) is 0 Å². The first-order chi connectivity index (χ1) is 14.9. The van der Waals surface area contributed by atoms with Gasteiger partial charge in [-0.15, -0.1) is 19.4 Å². The molecule has 0 fully saturated rings. The number of allylic oxidation sites excluding steroid dienone is 3. The van der Waals surface area contributed by atoms with Crippen LogP contribution in [0.1, 0.15) is 133 Å². The summed E-state index contributed by atoms with van der Waals surface area (Å²) in [5, 5.41) is 0. The highest BCUT2D eigenvalue weighted by atomic mass is 14.3. The molecular weight excluding hydrogens is 372 g/mol. The highest BCUT2D eigenvalue weighted by molar-refractivity contribution is 4.99. The van der Waals surface area contributed by atoms with E-state index in [1.54, 1.807) is 5.57 Å². The third-order valence-electron chi connectivity index (χ3n) is 7.09. The molecule has 0 saturated heterocycles. The van der Waals surface area contributed by atoms with E-state index in [1.807, 2.05) is 0 Å². The van der Waals surface area contributed by atoms with Crippen molar-refractivity contribution in [3.8, 4) is 12.8 Å². The second-order valence-electron chi connectivity index (χ2n) is 9.49. The van der Waals surface area contributed by atoms with Crippen molar-refractivity contribution in [2.75, 3.05) is 0 Å². The Bertz CT molecular complexity index is 413. The van der Waals surface area contributed by atoms with Gasteiger partial charge in [0, 0.05) is 0 Å². The lowest BCUT2D eigenvalue weighted by atomic mass is 9.71. The molecule has 5 unspecified atom stereocenters. The maximum absolute atomic E-state index is 4.00. The monoisotopic (exact) mass is 432 g/mol. The fourth-order valence-electron chi connectivity index (χ4n) is 4.55. The molecule has 0 spiro atoms. The van der Waals surface area contributed by atoms with E-state index in [1.165, 1.54) is 70.6 Å². The van der Waals surface area contributed by atoms with Gasteiger partial charge in [0.15, 0.2) is 0 Å². The van der Waals surface area contributed by atoms with Crippen molar-refractivity contribution in [3.05, 3.63) is 24.3 Å². The third kappa shape index (κ3) is 18.3. The van der Waals surface area contributed by atoms with Crippen LogP contribution >= 0.6 is 0 Å². The van der Waals surface area contributed by atoms with Gasteiger partial charge >= 0.3 is 0 Å². The van der Waals surface area contributed by atoms with Gasteiger partial charge in [0.2, 0.25) is 0 Å². The van der Waals surface area contributed by atoms with E-state index in [0.29, 0.717) is 5.92 Å². The first-order valence-corrected chi connectivity index (χ1v) is 13.5. The van der Waals surface area contributed by atoms with Gasteiger partial charge in [-0.25, -0.2) is 0 Å². The molecule has 31 heavy (non-hydrogen) atoms. The summed E-state index contributed by atoms with van der Waals surface area (Å²) in [7, 11) is 0. The minimum absolute atomic E-state index is 0.672. The number of hydrogen-bond donors (Lipinski definition) is 0. The van der Waals surface area contributed by atoms with Crippen LogP contribution in [-0.4, -0.2) is 0 Å². The zero-order valence-corrected chi connectivity index (χ0v) is 23.2. The topological polar surface area (TPSA) is 0 Å². The van der Waals surface area contributed by atoms with Crippen LogP contribution in [0.5, 0.6) is 0 Å². The van der Waals surface area contributed by atoms with E-state index in [0.717, 1.165) is 23.7 Å². The molecule has 184 valence electrons. The molecule has 0 aromatic heterocycles. The van der Waals surface area contributed by atoms with Crippen molar-refractivity contribution in [3.63, 3.8) is 0 Å². The molecule has 0 N–H and O–H groups in total. The molecule has 5 atom stereocenters. The molecule has 0 aromatic rings. The van der Waals surface area contributed by atoms with Crippen LogP contribution in [0.3, 0.4) is 0 Å². The van der Waals surface area contributed by atoms with Crippen molar-refractivity contribution in [2.45, 2.75) is 133 Å². The molecule has 0 nitrogen and oxygen atoms in total. The Morgan fingerprint density at radius 3 is 1.71 bits per heavy atom. The third-order valence-corrected chi connectivity index (χ3v) is 7.09. The number of terminal acetylenes is 1. The van der Waals surface area contributed by atoms with Gasteiger partial charge in [-0.05, 0) is 62.2 Å². The van der Waals surface area contributed by atoms with E-state index >= 15 is 0 Å². The van der Waals surface area contributed by atoms with Crippen molar-refractivity contribution in [1.82, 2.24) is 0 Å². The predicted molar refractivity (Wildman–Crippen MR) is 147 cm³/mol. The van der Waals surface area contributed by atoms with Crippen LogP contribution in [0.15, 0.2) is 24.3 Å². The lowest BCUT2D eigenvalue weighted by Gasteiger charge is -2.34. The van der Waals surface area contributed by atoms with Gasteiger partial charge in [0.1, 0.15) is 0 Å². The van der Waals surface area contributed by atoms with E-state index in [2.05, 4.69) is 93.9 Å². The summed E-state index contributed by atoms with van der Waals surface area (Å²) >= 11 is 0. The van der Waals surface area contributed by atoms with Crippen molar-refractivity contribution >= 4 is 0 Å². The lowest BCUT2D eigenvalue weighted by molar-refractivity contribution is 0.170. The second-order valence-corrected chi connectivity index (χ2v) is 9.49. The summed E-state index contributed by atoms with van der Waals surface area (Å²) in [5.74, 6) is 4.18. The molecule has 0 aromatic carbocycles. The second kappa shape index (κ2) is 25.3. The molecule has 0 aliphatic heterocycles. The normalized spacial score (nSPS) is 15.9. The summed E-state index contributed by atoms with van der Waals surface area (Å²) in [6.07, 6.45) is 27.2. The average Bonchev–Trinajstić information content (AvgIpc) is 2.81. The molecule has 0 rings (SSSR count). The molecular formula is C31H60.